The van der Waals surface area contributed by atoms with Crippen LogP contribution in [0.5, 0.6) is 0 Å². The Morgan fingerprint density at radius 3 is 2.25 bits per heavy atom. The molecule has 0 atom stereocenters. The van der Waals surface area contributed by atoms with Crippen LogP contribution in [0.3, 0.4) is 0 Å². The van der Waals surface area contributed by atoms with Crippen molar-refractivity contribution in [3.8, 4) is 0 Å². The van der Waals surface area contributed by atoms with Crippen molar-refractivity contribution in [2.24, 2.45) is 7.05 Å². The molecule has 0 unspecified atom stereocenters. The Kier molecular flexibility index (Phi) is 5.63. The lowest BCUT2D eigenvalue weighted by Crippen LogP contribution is -2.37. The summed E-state index contributed by atoms with van der Waals surface area (Å²) < 4.78 is 2.02. The highest BCUT2D eigenvalue weighted by molar-refractivity contribution is 5.50. The van der Waals surface area contributed by atoms with Gasteiger partial charge in [-0.2, -0.15) is 5.10 Å². The van der Waals surface area contributed by atoms with Crippen LogP contribution in [0, 0.1) is 6.92 Å². The SMILES string of the molecule is CCC(CC)N(C)c1c(CNC(C)(C)C)c(C)nn1C. The highest BCUT2D eigenvalue weighted by atomic mass is 15.4. The summed E-state index contributed by atoms with van der Waals surface area (Å²) in [4.78, 5) is 2.39. The molecular formula is C16H32N4. The van der Waals surface area contributed by atoms with Crippen LogP contribution in [0.4, 0.5) is 5.82 Å². The summed E-state index contributed by atoms with van der Waals surface area (Å²) in [5.74, 6) is 1.24. The molecule has 0 amide bonds. The number of aryl methyl sites for hydroxylation is 2. The van der Waals surface area contributed by atoms with Crippen LogP contribution in [0.15, 0.2) is 0 Å². The smallest absolute Gasteiger partial charge is 0.131 e. The van der Waals surface area contributed by atoms with Crippen molar-refractivity contribution in [2.75, 3.05) is 11.9 Å². The van der Waals surface area contributed by atoms with E-state index in [0.717, 1.165) is 25.1 Å². The van der Waals surface area contributed by atoms with Gasteiger partial charge in [-0.3, -0.25) is 4.68 Å². The van der Waals surface area contributed by atoms with Gasteiger partial charge < -0.3 is 10.2 Å². The molecule has 1 aromatic rings. The van der Waals surface area contributed by atoms with Gasteiger partial charge in [0.1, 0.15) is 5.82 Å². The second-order valence-corrected chi connectivity index (χ2v) is 6.70. The zero-order valence-corrected chi connectivity index (χ0v) is 14.5. The van der Waals surface area contributed by atoms with Crippen LogP contribution >= 0.6 is 0 Å². The molecule has 1 rings (SSSR count). The number of nitrogens with zero attached hydrogens (tertiary/aromatic N) is 3. The van der Waals surface area contributed by atoms with Crippen LogP contribution < -0.4 is 10.2 Å². The number of hydrogen-bond acceptors (Lipinski definition) is 3. The maximum atomic E-state index is 4.62. The first-order valence-corrected chi connectivity index (χ1v) is 7.71. The van der Waals surface area contributed by atoms with E-state index in [1.165, 1.54) is 11.4 Å². The van der Waals surface area contributed by atoms with E-state index < -0.39 is 0 Å². The number of rotatable bonds is 6. The molecule has 0 saturated carbocycles. The van der Waals surface area contributed by atoms with Gasteiger partial charge in [0, 0.05) is 37.8 Å². The van der Waals surface area contributed by atoms with Gasteiger partial charge in [0.15, 0.2) is 0 Å². The minimum absolute atomic E-state index is 0.118. The minimum atomic E-state index is 0.118. The fourth-order valence-corrected chi connectivity index (χ4v) is 2.70. The molecule has 0 spiro atoms. The highest BCUT2D eigenvalue weighted by Crippen LogP contribution is 2.26. The molecule has 20 heavy (non-hydrogen) atoms. The summed E-state index contributed by atoms with van der Waals surface area (Å²) in [5.41, 5.74) is 2.56. The number of aromatic nitrogens is 2. The van der Waals surface area contributed by atoms with Crippen LogP contribution in [-0.4, -0.2) is 28.4 Å². The van der Waals surface area contributed by atoms with E-state index in [-0.39, 0.29) is 5.54 Å². The maximum absolute atomic E-state index is 4.62. The molecule has 1 N–H and O–H groups in total. The average molecular weight is 280 g/mol. The van der Waals surface area contributed by atoms with E-state index in [4.69, 9.17) is 0 Å². The van der Waals surface area contributed by atoms with Crippen LogP contribution in [0.1, 0.15) is 58.7 Å². The van der Waals surface area contributed by atoms with Crippen LogP contribution in [0.25, 0.3) is 0 Å². The van der Waals surface area contributed by atoms with E-state index in [1.807, 2.05) is 11.7 Å². The third-order valence-corrected chi connectivity index (χ3v) is 3.93. The quantitative estimate of drug-likeness (QED) is 0.868. The van der Waals surface area contributed by atoms with Gasteiger partial charge in [0.25, 0.3) is 0 Å². The third-order valence-electron chi connectivity index (χ3n) is 3.93. The van der Waals surface area contributed by atoms with Gasteiger partial charge in [0.2, 0.25) is 0 Å². The molecule has 0 saturated heterocycles. The lowest BCUT2D eigenvalue weighted by Gasteiger charge is -2.30. The predicted octanol–water partition coefficient (Wildman–Crippen LogP) is 3.24. The molecule has 4 heteroatoms. The van der Waals surface area contributed by atoms with E-state index in [2.05, 4.69) is 63.9 Å². The Morgan fingerprint density at radius 1 is 1.25 bits per heavy atom. The summed E-state index contributed by atoms with van der Waals surface area (Å²) in [6, 6.07) is 0.568. The zero-order valence-electron chi connectivity index (χ0n) is 14.5. The Labute approximate surface area is 124 Å². The molecule has 0 bridgehead atoms. The van der Waals surface area contributed by atoms with Crippen molar-refractivity contribution < 1.29 is 0 Å². The largest absolute Gasteiger partial charge is 0.357 e. The number of anilines is 1. The fraction of sp³-hybridized carbons (Fsp3) is 0.812. The second-order valence-electron chi connectivity index (χ2n) is 6.70. The molecule has 0 fully saturated rings. The van der Waals surface area contributed by atoms with Crippen molar-refractivity contribution >= 4 is 5.82 Å². The van der Waals surface area contributed by atoms with Gasteiger partial charge >= 0.3 is 0 Å². The van der Waals surface area contributed by atoms with Crippen molar-refractivity contribution in [1.29, 1.82) is 0 Å². The third kappa shape index (κ3) is 3.98. The average Bonchev–Trinajstić information content (AvgIpc) is 2.61. The minimum Gasteiger partial charge on any atom is -0.357 e. The standard InChI is InChI=1S/C16H32N4/c1-9-13(10-2)19(7)15-14(11-17-16(4,5)6)12(3)18-20(15)8/h13,17H,9-11H2,1-8H3. The highest BCUT2D eigenvalue weighted by Gasteiger charge is 2.22. The van der Waals surface area contributed by atoms with Crippen LogP contribution in [0.2, 0.25) is 0 Å². The lowest BCUT2D eigenvalue weighted by atomic mass is 10.1. The summed E-state index contributed by atoms with van der Waals surface area (Å²) >= 11 is 0. The summed E-state index contributed by atoms with van der Waals surface area (Å²) in [6.07, 6.45) is 2.31. The predicted molar refractivity (Wildman–Crippen MR) is 87.3 cm³/mol. The molecular weight excluding hydrogens is 248 g/mol. The number of nitrogens with one attached hydrogen (secondary N) is 1. The Morgan fingerprint density at radius 2 is 1.80 bits per heavy atom. The van der Waals surface area contributed by atoms with Gasteiger partial charge in [-0.05, 0) is 40.5 Å². The number of hydrogen-bond donors (Lipinski definition) is 1. The van der Waals surface area contributed by atoms with E-state index >= 15 is 0 Å². The Hall–Kier alpha value is -1.03. The molecule has 1 aromatic heterocycles. The summed E-state index contributed by atoms with van der Waals surface area (Å²) in [7, 11) is 4.23. The molecule has 0 radical (unpaired) electrons. The molecule has 0 aliphatic carbocycles. The van der Waals surface area contributed by atoms with Gasteiger partial charge in [-0.15, -0.1) is 0 Å². The lowest BCUT2D eigenvalue weighted by molar-refractivity contribution is 0.423. The Balaban J connectivity index is 3.06. The molecule has 0 aliphatic heterocycles. The molecule has 4 nitrogen and oxygen atoms in total. The second kappa shape index (κ2) is 6.61. The van der Waals surface area contributed by atoms with Crippen molar-refractivity contribution in [2.45, 2.75) is 72.5 Å². The first-order chi connectivity index (χ1) is 9.21. The van der Waals surface area contributed by atoms with E-state index in [9.17, 15) is 0 Å². The van der Waals surface area contributed by atoms with E-state index in [0.29, 0.717) is 6.04 Å². The fourth-order valence-electron chi connectivity index (χ4n) is 2.70. The molecule has 0 aliphatic rings. The molecule has 116 valence electrons. The zero-order chi connectivity index (χ0) is 15.5. The van der Waals surface area contributed by atoms with Gasteiger partial charge in [0.05, 0.1) is 5.69 Å². The van der Waals surface area contributed by atoms with Crippen molar-refractivity contribution in [3.63, 3.8) is 0 Å². The summed E-state index contributed by atoms with van der Waals surface area (Å²) in [6.45, 7) is 14.1. The van der Waals surface area contributed by atoms with Gasteiger partial charge in [-0.1, -0.05) is 13.8 Å². The first kappa shape index (κ1) is 17.0. The maximum Gasteiger partial charge on any atom is 0.131 e. The summed E-state index contributed by atoms with van der Waals surface area (Å²) in [5, 5.41) is 8.20. The Bertz CT molecular complexity index is 424. The van der Waals surface area contributed by atoms with Crippen molar-refractivity contribution in [1.82, 2.24) is 15.1 Å². The van der Waals surface area contributed by atoms with E-state index in [1.54, 1.807) is 0 Å². The first-order valence-electron chi connectivity index (χ1n) is 7.71. The van der Waals surface area contributed by atoms with Crippen molar-refractivity contribution in [3.05, 3.63) is 11.3 Å². The monoisotopic (exact) mass is 280 g/mol. The topological polar surface area (TPSA) is 33.1 Å². The van der Waals surface area contributed by atoms with Crippen LogP contribution in [-0.2, 0) is 13.6 Å². The normalized spacial score (nSPS) is 12.2. The molecule has 1 heterocycles. The van der Waals surface area contributed by atoms with Gasteiger partial charge in [-0.25, -0.2) is 0 Å². The molecule has 0 aromatic carbocycles.